The molecule has 2 rings (SSSR count). The Labute approximate surface area is 103 Å². The molecule has 0 unspecified atom stereocenters. The summed E-state index contributed by atoms with van der Waals surface area (Å²) < 4.78 is 2.20. The summed E-state index contributed by atoms with van der Waals surface area (Å²) in [5.74, 6) is 0. The molecule has 0 aliphatic rings. The van der Waals surface area contributed by atoms with Crippen LogP contribution in [0, 0.1) is 0 Å². The lowest BCUT2D eigenvalue weighted by Gasteiger charge is -2.17. The van der Waals surface area contributed by atoms with Crippen molar-refractivity contribution < 1.29 is 0 Å². The van der Waals surface area contributed by atoms with Crippen LogP contribution in [0.1, 0.15) is 46.2 Å². The molecular formula is C14H21N3. The Morgan fingerprint density at radius 3 is 2.47 bits per heavy atom. The van der Waals surface area contributed by atoms with Crippen molar-refractivity contribution in [1.29, 1.82) is 0 Å². The summed E-state index contributed by atoms with van der Waals surface area (Å²) in [6.45, 7) is 10.9. The number of anilines is 1. The summed E-state index contributed by atoms with van der Waals surface area (Å²) in [7, 11) is 0. The maximum Gasteiger partial charge on any atom is 0.142 e. The summed E-state index contributed by atoms with van der Waals surface area (Å²) in [6, 6.07) is 2.27. The summed E-state index contributed by atoms with van der Waals surface area (Å²) in [6.07, 6.45) is 3.97. The number of nitrogen functional groups attached to an aromatic ring is 1. The third-order valence-corrected chi connectivity index (χ3v) is 3.11. The van der Waals surface area contributed by atoms with Gasteiger partial charge in [-0.2, -0.15) is 0 Å². The van der Waals surface area contributed by atoms with Crippen LogP contribution in [0.25, 0.3) is 11.0 Å². The number of hydrogen-bond acceptors (Lipinski definition) is 2. The first-order chi connectivity index (χ1) is 7.82. The molecule has 0 bridgehead atoms. The van der Waals surface area contributed by atoms with Gasteiger partial charge in [0.05, 0.1) is 0 Å². The Hall–Kier alpha value is -1.51. The van der Waals surface area contributed by atoms with E-state index < -0.39 is 0 Å². The van der Waals surface area contributed by atoms with Crippen molar-refractivity contribution in [3.05, 3.63) is 24.0 Å². The monoisotopic (exact) mass is 231 g/mol. The van der Waals surface area contributed by atoms with Crippen LogP contribution < -0.4 is 5.73 Å². The molecule has 2 aromatic rings. The first-order valence-electron chi connectivity index (χ1n) is 6.08. The van der Waals surface area contributed by atoms with Gasteiger partial charge in [-0.25, -0.2) is 4.98 Å². The molecule has 0 saturated carbocycles. The molecule has 0 spiro atoms. The van der Waals surface area contributed by atoms with Crippen LogP contribution in [0.15, 0.2) is 18.5 Å². The lowest BCUT2D eigenvalue weighted by Crippen LogP contribution is -2.11. The van der Waals surface area contributed by atoms with Crippen molar-refractivity contribution in [2.45, 2.75) is 46.1 Å². The summed E-state index contributed by atoms with van der Waals surface area (Å²) in [4.78, 5) is 4.48. The molecule has 0 aliphatic carbocycles. The van der Waals surface area contributed by atoms with Gasteiger partial charge in [-0.05, 0) is 30.9 Å². The van der Waals surface area contributed by atoms with E-state index in [0.29, 0.717) is 6.04 Å². The average molecular weight is 231 g/mol. The molecule has 92 valence electrons. The first-order valence-corrected chi connectivity index (χ1v) is 6.08. The third-order valence-electron chi connectivity index (χ3n) is 3.11. The number of rotatable bonds is 1. The zero-order valence-corrected chi connectivity index (χ0v) is 11.3. The van der Waals surface area contributed by atoms with Gasteiger partial charge in [0.1, 0.15) is 5.65 Å². The lowest BCUT2D eigenvalue weighted by molar-refractivity contribution is 0.576. The van der Waals surface area contributed by atoms with Gasteiger partial charge in [-0.3, -0.25) is 0 Å². The molecule has 3 heteroatoms. The second-order valence-corrected chi connectivity index (χ2v) is 5.89. The Morgan fingerprint density at radius 2 is 1.94 bits per heavy atom. The quantitative estimate of drug-likeness (QED) is 0.816. The minimum absolute atomic E-state index is 0.0789. The molecule has 0 aliphatic heterocycles. The van der Waals surface area contributed by atoms with Crippen molar-refractivity contribution >= 4 is 16.7 Å². The van der Waals surface area contributed by atoms with Gasteiger partial charge in [0.15, 0.2) is 0 Å². The number of aromatic nitrogens is 2. The predicted molar refractivity (Wildman–Crippen MR) is 73.2 cm³/mol. The molecule has 2 aromatic heterocycles. The Balaban J connectivity index is 2.86. The molecule has 2 N–H and O–H groups in total. The van der Waals surface area contributed by atoms with E-state index in [9.17, 15) is 0 Å². The molecule has 0 amide bonds. The molecule has 0 saturated heterocycles. The van der Waals surface area contributed by atoms with E-state index in [-0.39, 0.29) is 5.41 Å². The van der Waals surface area contributed by atoms with E-state index in [1.807, 2.05) is 6.07 Å². The van der Waals surface area contributed by atoms with Gasteiger partial charge in [0.25, 0.3) is 0 Å². The third kappa shape index (κ3) is 1.90. The van der Waals surface area contributed by atoms with Gasteiger partial charge >= 0.3 is 0 Å². The van der Waals surface area contributed by atoms with Crippen LogP contribution in [-0.4, -0.2) is 9.55 Å². The van der Waals surface area contributed by atoms with E-state index in [2.05, 4.69) is 50.4 Å². The van der Waals surface area contributed by atoms with Crippen molar-refractivity contribution in [1.82, 2.24) is 9.55 Å². The molecule has 0 atom stereocenters. The number of nitrogens with two attached hydrogens (primary N) is 1. The second kappa shape index (κ2) is 3.76. The summed E-state index contributed by atoms with van der Waals surface area (Å²) >= 11 is 0. The molecule has 0 aromatic carbocycles. The van der Waals surface area contributed by atoms with Gasteiger partial charge in [-0.15, -0.1) is 0 Å². The maximum atomic E-state index is 6.11. The van der Waals surface area contributed by atoms with Crippen LogP contribution in [0.3, 0.4) is 0 Å². The Bertz CT molecular complexity index is 544. The van der Waals surface area contributed by atoms with Gasteiger partial charge in [-0.1, -0.05) is 20.8 Å². The second-order valence-electron chi connectivity index (χ2n) is 5.89. The SMILES string of the molecule is CC(C)n1cc(C(C)(C)C)c2c(N)ccnc21. The van der Waals surface area contributed by atoms with E-state index >= 15 is 0 Å². The number of pyridine rings is 1. The molecule has 3 nitrogen and oxygen atoms in total. The zero-order chi connectivity index (χ0) is 12.8. The zero-order valence-electron chi connectivity index (χ0n) is 11.3. The highest BCUT2D eigenvalue weighted by Crippen LogP contribution is 2.35. The minimum Gasteiger partial charge on any atom is -0.398 e. The van der Waals surface area contributed by atoms with Gasteiger partial charge < -0.3 is 10.3 Å². The van der Waals surface area contributed by atoms with Crippen molar-refractivity contribution in [3.8, 4) is 0 Å². The first kappa shape index (κ1) is 12.0. The van der Waals surface area contributed by atoms with Gasteiger partial charge in [0.2, 0.25) is 0 Å². The van der Waals surface area contributed by atoms with E-state index in [1.54, 1.807) is 6.20 Å². The largest absolute Gasteiger partial charge is 0.398 e. The summed E-state index contributed by atoms with van der Waals surface area (Å²) in [5.41, 5.74) is 9.27. The van der Waals surface area contributed by atoms with E-state index in [4.69, 9.17) is 5.73 Å². The van der Waals surface area contributed by atoms with Crippen LogP contribution in [0.4, 0.5) is 5.69 Å². The highest BCUT2D eigenvalue weighted by atomic mass is 15.1. The number of hydrogen-bond donors (Lipinski definition) is 1. The standard InChI is InChI=1S/C14H21N3/c1-9(2)17-8-10(14(3,4)5)12-11(15)6-7-16-13(12)17/h6-9H,1-5H3,(H2,15,16). The highest BCUT2D eigenvalue weighted by molar-refractivity contribution is 5.92. The van der Waals surface area contributed by atoms with Crippen LogP contribution in [-0.2, 0) is 5.41 Å². The van der Waals surface area contributed by atoms with E-state index in [0.717, 1.165) is 16.7 Å². The fourth-order valence-corrected chi connectivity index (χ4v) is 2.16. The maximum absolute atomic E-state index is 6.11. The molecule has 2 heterocycles. The smallest absolute Gasteiger partial charge is 0.142 e. The van der Waals surface area contributed by atoms with Crippen molar-refractivity contribution in [2.75, 3.05) is 5.73 Å². The Morgan fingerprint density at radius 1 is 1.29 bits per heavy atom. The van der Waals surface area contributed by atoms with Crippen molar-refractivity contribution in [2.24, 2.45) is 0 Å². The predicted octanol–water partition coefficient (Wildman–Crippen LogP) is 3.50. The van der Waals surface area contributed by atoms with Crippen LogP contribution in [0.2, 0.25) is 0 Å². The van der Waals surface area contributed by atoms with Crippen molar-refractivity contribution in [3.63, 3.8) is 0 Å². The summed E-state index contributed by atoms with van der Waals surface area (Å²) in [5, 5.41) is 1.11. The highest BCUT2D eigenvalue weighted by Gasteiger charge is 2.23. The molecule has 0 radical (unpaired) electrons. The fourth-order valence-electron chi connectivity index (χ4n) is 2.16. The molecule has 17 heavy (non-hydrogen) atoms. The van der Waals surface area contributed by atoms with Crippen LogP contribution in [0.5, 0.6) is 0 Å². The van der Waals surface area contributed by atoms with E-state index in [1.165, 1.54) is 5.56 Å². The normalized spacial score (nSPS) is 12.6. The average Bonchev–Trinajstić information content (AvgIpc) is 2.57. The lowest BCUT2D eigenvalue weighted by atomic mass is 9.87. The van der Waals surface area contributed by atoms with Crippen LogP contribution >= 0.6 is 0 Å². The fraction of sp³-hybridized carbons (Fsp3) is 0.500. The topological polar surface area (TPSA) is 43.8 Å². The van der Waals surface area contributed by atoms with Gasteiger partial charge in [0, 0.05) is 29.5 Å². The molecule has 0 fully saturated rings. The number of fused-ring (bicyclic) bond motifs is 1. The Kier molecular flexibility index (Phi) is 2.64. The number of nitrogens with zero attached hydrogens (tertiary/aromatic N) is 2. The minimum atomic E-state index is 0.0789. The molecular weight excluding hydrogens is 210 g/mol.